The summed E-state index contributed by atoms with van der Waals surface area (Å²) in [5.74, 6) is -1.40. The van der Waals surface area contributed by atoms with Crippen LogP contribution in [0.3, 0.4) is 0 Å². The SMILES string of the molecule is CCOc1ccc(NC(=O)[C@@H]2[C@H]3C(=O)N(CCCCCO)C(C(=O)NC(C)(C)C)C34CC[C@@]2(CC)O4)cc1. The highest BCUT2D eigenvalue weighted by molar-refractivity contribution is 6.02. The van der Waals surface area contributed by atoms with E-state index in [1.165, 1.54) is 0 Å². The van der Waals surface area contributed by atoms with Crippen molar-refractivity contribution in [3.8, 4) is 5.75 Å². The van der Waals surface area contributed by atoms with E-state index in [1.807, 2.05) is 34.6 Å². The highest BCUT2D eigenvalue weighted by Crippen LogP contribution is 2.64. The molecule has 9 nitrogen and oxygen atoms in total. The maximum atomic E-state index is 14.1. The lowest BCUT2D eigenvalue weighted by Crippen LogP contribution is -2.58. The number of benzene rings is 1. The number of rotatable bonds is 11. The van der Waals surface area contributed by atoms with E-state index >= 15 is 0 Å². The summed E-state index contributed by atoms with van der Waals surface area (Å²) in [5.41, 5.74) is -1.70. The minimum Gasteiger partial charge on any atom is -0.494 e. The largest absolute Gasteiger partial charge is 0.494 e. The molecule has 3 heterocycles. The predicted octanol–water partition coefficient (Wildman–Crippen LogP) is 3.26. The maximum absolute atomic E-state index is 14.1. The van der Waals surface area contributed by atoms with Gasteiger partial charge in [0.05, 0.1) is 24.0 Å². The van der Waals surface area contributed by atoms with Crippen molar-refractivity contribution in [2.24, 2.45) is 11.8 Å². The Morgan fingerprint density at radius 3 is 2.42 bits per heavy atom. The van der Waals surface area contributed by atoms with Crippen molar-refractivity contribution in [1.82, 2.24) is 10.2 Å². The van der Waals surface area contributed by atoms with Gasteiger partial charge in [0.15, 0.2) is 0 Å². The molecule has 0 aromatic heterocycles. The Bertz CT molecular complexity index is 1040. The van der Waals surface area contributed by atoms with Crippen LogP contribution in [0.2, 0.25) is 0 Å². The van der Waals surface area contributed by atoms with Crippen molar-refractivity contribution in [3.63, 3.8) is 0 Å². The van der Waals surface area contributed by atoms with Crippen LogP contribution in [0.5, 0.6) is 5.75 Å². The van der Waals surface area contributed by atoms with Crippen molar-refractivity contribution >= 4 is 23.4 Å². The average molecular weight is 530 g/mol. The van der Waals surface area contributed by atoms with Crippen LogP contribution < -0.4 is 15.4 Å². The molecule has 1 aromatic carbocycles. The van der Waals surface area contributed by atoms with Gasteiger partial charge in [0.1, 0.15) is 17.4 Å². The Morgan fingerprint density at radius 1 is 1.11 bits per heavy atom. The summed E-state index contributed by atoms with van der Waals surface area (Å²) in [7, 11) is 0. The standard InChI is InChI=1S/C29H43N3O6/c1-6-28-15-16-29(38-28)22(21(28)24(34)30-19-11-13-20(14-12-19)37-7-2)26(36)32(17-9-8-10-18-33)23(29)25(35)31-27(3,4)5/h11-14,21-23,33H,6-10,15-18H2,1-5H3,(H,30,34)(H,31,35)/t21-,22-,23?,28+,29?/m0/s1. The van der Waals surface area contributed by atoms with E-state index in [4.69, 9.17) is 9.47 Å². The van der Waals surface area contributed by atoms with Crippen LogP contribution in [0.1, 0.15) is 73.1 Å². The number of anilines is 1. The van der Waals surface area contributed by atoms with Crippen LogP contribution in [-0.2, 0) is 19.1 Å². The Balaban J connectivity index is 1.66. The Morgan fingerprint density at radius 2 is 1.82 bits per heavy atom. The number of likely N-dealkylation sites (tertiary alicyclic amines) is 1. The zero-order chi connectivity index (χ0) is 27.7. The van der Waals surface area contributed by atoms with E-state index in [-0.39, 0.29) is 24.3 Å². The number of carbonyl (C=O) groups is 3. The number of unbranched alkanes of at least 4 members (excludes halogenated alkanes) is 2. The van der Waals surface area contributed by atoms with Gasteiger partial charge < -0.3 is 30.1 Å². The molecule has 2 unspecified atom stereocenters. The third-order valence-electron chi connectivity index (χ3n) is 8.20. The fourth-order valence-electron chi connectivity index (χ4n) is 6.69. The second-order valence-corrected chi connectivity index (χ2v) is 11.8. The van der Waals surface area contributed by atoms with Crippen LogP contribution in [0.4, 0.5) is 5.69 Å². The van der Waals surface area contributed by atoms with Gasteiger partial charge in [-0.05, 0) is 90.5 Å². The third kappa shape index (κ3) is 5.02. The highest BCUT2D eigenvalue weighted by atomic mass is 16.5. The molecule has 9 heteroatoms. The van der Waals surface area contributed by atoms with Crippen LogP contribution in [-0.4, -0.2) is 70.3 Å². The van der Waals surface area contributed by atoms with Crippen molar-refractivity contribution in [2.45, 2.75) is 95.9 Å². The second-order valence-electron chi connectivity index (χ2n) is 11.8. The first kappa shape index (κ1) is 28.4. The number of ether oxygens (including phenoxy) is 2. The van der Waals surface area contributed by atoms with Crippen LogP contribution in [0.15, 0.2) is 24.3 Å². The van der Waals surface area contributed by atoms with Gasteiger partial charge in [0.25, 0.3) is 0 Å². The molecule has 2 bridgehead atoms. The molecular formula is C29H43N3O6. The van der Waals surface area contributed by atoms with E-state index in [9.17, 15) is 19.5 Å². The molecule has 0 saturated carbocycles. The lowest BCUT2D eigenvalue weighted by atomic mass is 9.65. The lowest BCUT2D eigenvalue weighted by molar-refractivity contribution is -0.147. The minimum atomic E-state index is -1.04. The second kappa shape index (κ2) is 10.8. The zero-order valence-corrected chi connectivity index (χ0v) is 23.3. The van der Waals surface area contributed by atoms with E-state index in [0.717, 1.165) is 6.42 Å². The number of hydrogen-bond acceptors (Lipinski definition) is 6. The molecule has 5 atom stereocenters. The van der Waals surface area contributed by atoms with Crippen molar-refractivity contribution in [3.05, 3.63) is 24.3 Å². The van der Waals surface area contributed by atoms with E-state index in [2.05, 4.69) is 10.6 Å². The fourth-order valence-corrected chi connectivity index (χ4v) is 6.69. The molecule has 3 aliphatic heterocycles. The smallest absolute Gasteiger partial charge is 0.246 e. The molecule has 0 radical (unpaired) electrons. The maximum Gasteiger partial charge on any atom is 0.246 e. The van der Waals surface area contributed by atoms with Gasteiger partial charge >= 0.3 is 0 Å². The summed E-state index contributed by atoms with van der Waals surface area (Å²) < 4.78 is 12.3. The Kier molecular flexibility index (Phi) is 8.09. The van der Waals surface area contributed by atoms with Gasteiger partial charge in [-0.1, -0.05) is 6.92 Å². The molecule has 0 aliphatic carbocycles. The van der Waals surface area contributed by atoms with Crippen LogP contribution in [0, 0.1) is 11.8 Å². The number of aliphatic hydroxyl groups is 1. The molecule has 3 aliphatic rings. The minimum absolute atomic E-state index is 0.0877. The van der Waals surface area contributed by atoms with Gasteiger partial charge in [0, 0.05) is 24.4 Å². The number of nitrogens with zero attached hydrogens (tertiary/aromatic N) is 1. The molecule has 3 fully saturated rings. The third-order valence-corrected chi connectivity index (χ3v) is 8.20. The summed E-state index contributed by atoms with van der Waals surface area (Å²) in [6.45, 7) is 10.7. The summed E-state index contributed by atoms with van der Waals surface area (Å²) in [6.07, 6.45) is 3.79. The van der Waals surface area contributed by atoms with E-state index in [0.29, 0.717) is 56.7 Å². The molecule has 4 rings (SSSR count). The quantitative estimate of drug-likeness (QED) is 0.379. The number of amides is 3. The average Bonchev–Trinajstić information content (AvgIpc) is 3.46. The first-order chi connectivity index (χ1) is 18.0. The number of hydrogen-bond donors (Lipinski definition) is 3. The first-order valence-electron chi connectivity index (χ1n) is 14.0. The van der Waals surface area contributed by atoms with E-state index in [1.54, 1.807) is 29.2 Å². The van der Waals surface area contributed by atoms with Crippen molar-refractivity contribution in [2.75, 3.05) is 25.1 Å². The van der Waals surface area contributed by atoms with Crippen molar-refractivity contribution in [1.29, 1.82) is 0 Å². The number of aliphatic hydroxyl groups excluding tert-OH is 1. The summed E-state index contributed by atoms with van der Waals surface area (Å²) in [6, 6.07) is 6.37. The number of carbonyl (C=O) groups excluding carboxylic acids is 3. The topological polar surface area (TPSA) is 117 Å². The normalized spacial score (nSPS) is 29.9. The van der Waals surface area contributed by atoms with Gasteiger partial charge in [-0.3, -0.25) is 14.4 Å². The molecular weight excluding hydrogens is 486 g/mol. The monoisotopic (exact) mass is 529 g/mol. The van der Waals surface area contributed by atoms with Crippen LogP contribution >= 0.6 is 0 Å². The van der Waals surface area contributed by atoms with Crippen molar-refractivity contribution < 1.29 is 29.0 Å². The fraction of sp³-hybridized carbons (Fsp3) is 0.690. The Hall–Kier alpha value is -2.65. The molecule has 3 saturated heterocycles. The first-order valence-corrected chi connectivity index (χ1v) is 14.0. The molecule has 38 heavy (non-hydrogen) atoms. The van der Waals surface area contributed by atoms with Gasteiger partial charge in [-0.25, -0.2) is 0 Å². The number of fused-ring (bicyclic) bond motifs is 1. The summed E-state index contributed by atoms with van der Waals surface area (Å²) >= 11 is 0. The summed E-state index contributed by atoms with van der Waals surface area (Å²) in [5, 5.41) is 15.3. The lowest BCUT2D eigenvalue weighted by Gasteiger charge is -2.35. The number of nitrogens with one attached hydrogen (secondary N) is 2. The predicted molar refractivity (Wildman–Crippen MR) is 144 cm³/mol. The Labute approximate surface area is 225 Å². The molecule has 3 amide bonds. The highest BCUT2D eigenvalue weighted by Gasteiger charge is 2.78. The van der Waals surface area contributed by atoms with Crippen LogP contribution in [0.25, 0.3) is 0 Å². The molecule has 1 spiro atoms. The molecule has 1 aromatic rings. The van der Waals surface area contributed by atoms with Gasteiger partial charge in [-0.2, -0.15) is 0 Å². The summed E-state index contributed by atoms with van der Waals surface area (Å²) in [4.78, 5) is 43.3. The molecule has 210 valence electrons. The molecule has 3 N–H and O–H groups in total. The van der Waals surface area contributed by atoms with Gasteiger partial charge in [-0.15, -0.1) is 0 Å². The van der Waals surface area contributed by atoms with Gasteiger partial charge in [0.2, 0.25) is 17.7 Å². The zero-order valence-electron chi connectivity index (χ0n) is 23.3. The van der Waals surface area contributed by atoms with E-state index < -0.39 is 34.6 Å².